The van der Waals surface area contributed by atoms with Crippen molar-refractivity contribution in [1.29, 1.82) is 0 Å². The van der Waals surface area contributed by atoms with E-state index in [4.69, 9.17) is 4.98 Å². The molecule has 2 aromatic carbocycles. The molecule has 2 aliphatic rings. The number of benzene rings is 2. The fourth-order valence-electron chi connectivity index (χ4n) is 5.02. The third-order valence-corrected chi connectivity index (χ3v) is 6.18. The van der Waals surface area contributed by atoms with Gasteiger partial charge >= 0.3 is 0 Å². The fraction of sp³-hybridized carbons (Fsp3) is 0.250. The molecule has 3 nitrogen and oxygen atoms in total. The van der Waals surface area contributed by atoms with Gasteiger partial charge in [-0.1, -0.05) is 54.6 Å². The quantitative estimate of drug-likeness (QED) is 0.657. The lowest BCUT2D eigenvalue weighted by Gasteiger charge is -2.45. The highest BCUT2D eigenvalue weighted by Crippen LogP contribution is 2.52. The van der Waals surface area contributed by atoms with Crippen molar-refractivity contribution in [1.82, 2.24) is 9.88 Å². The summed E-state index contributed by atoms with van der Waals surface area (Å²) in [5.74, 6) is 0.0890. The molecule has 0 unspecified atom stereocenters. The maximum absolute atomic E-state index is 13.6. The van der Waals surface area contributed by atoms with Crippen LogP contribution in [0.3, 0.4) is 0 Å². The Bertz CT molecular complexity index is 1010. The number of carbonyl (C=O) groups excluding carboxylic acids is 1. The maximum atomic E-state index is 13.6. The van der Waals surface area contributed by atoms with Crippen molar-refractivity contribution in [2.75, 3.05) is 0 Å². The molecule has 5 rings (SSSR count). The van der Waals surface area contributed by atoms with Crippen LogP contribution in [-0.4, -0.2) is 15.8 Å². The van der Waals surface area contributed by atoms with Crippen molar-refractivity contribution in [2.24, 2.45) is 0 Å². The number of hydrogen-bond acceptors (Lipinski definition) is 2. The minimum absolute atomic E-state index is 0.0287. The number of carbonyl (C=O) groups is 1. The molecule has 0 bridgehead atoms. The van der Waals surface area contributed by atoms with E-state index in [1.807, 2.05) is 36.5 Å². The van der Waals surface area contributed by atoms with E-state index in [-0.39, 0.29) is 11.9 Å². The summed E-state index contributed by atoms with van der Waals surface area (Å²) in [5, 5.41) is 0. The molecule has 1 amide bonds. The van der Waals surface area contributed by atoms with Gasteiger partial charge in [0.15, 0.2) is 0 Å². The zero-order valence-corrected chi connectivity index (χ0v) is 15.4. The first kappa shape index (κ1) is 16.2. The minimum atomic E-state index is -0.474. The van der Waals surface area contributed by atoms with Gasteiger partial charge in [0.2, 0.25) is 0 Å². The van der Waals surface area contributed by atoms with E-state index < -0.39 is 5.54 Å². The second-order valence-corrected chi connectivity index (χ2v) is 7.53. The molecule has 134 valence electrons. The Kier molecular flexibility index (Phi) is 3.64. The van der Waals surface area contributed by atoms with Crippen LogP contribution >= 0.6 is 0 Å². The van der Waals surface area contributed by atoms with Gasteiger partial charge in [-0.05, 0) is 55.0 Å². The van der Waals surface area contributed by atoms with Gasteiger partial charge in [-0.3, -0.25) is 9.78 Å². The normalized spacial score (nSPS) is 21.8. The average Bonchev–Trinajstić information content (AvgIpc) is 2.98. The third kappa shape index (κ3) is 2.21. The topological polar surface area (TPSA) is 33.2 Å². The Balaban J connectivity index is 1.77. The lowest BCUT2D eigenvalue weighted by Crippen LogP contribution is -2.48. The summed E-state index contributed by atoms with van der Waals surface area (Å²) in [6, 6.07) is 22.7. The van der Waals surface area contributed by atoms with E-state index in [0.717, 1.165) is 36.1 Å². The van der Waals surface area contributed by atoms with Crippen LogP contribution < -0.4 is 0 Å². The van der Waals surface area contributed by atoms with Gasteiger partial charge in [0.1, 0.15) is 5.54 Å². The van der Waals surface area contributed by atoms with Gasteiger partial charge in [0.25, 0.3) is 5.91 Å². The lowest BCUT2D eigenvalue weighted by molar-refractivity contribution is 0.0453. The Morgan fingerprint density at radius 3 is 2.63 bits per heavy atom. The summed E-state index contributed by atoms with van der Waals surface area (Å²) in [5.41, 5.74) is 4.92. The fourth-order valence-corrected chi connectivity index (χ4v) is 5.02. The van der Waals surface area contributed by atoms with Crippen molar-refractivity contribution in [2.45, 2.75) is 37.8 Å². The number of fused-ring (bicyclic) bond motifs is 4. The molecule has 1 aromatic heterocycles. The SMILES string of the molecule is C[C@@H](c1ccccc1)N1C(=O)c2cccnc2[C@@]12CCCc1ccccc12. The molecule has 0 saturated carbocycles. The van der Waals surface area contributed by atoms with Crippen molar-refractivity contribution in [3.8, 4) is 0 Å². The zero-order valence-electron chi connectivity index (χ0n) is 15.4. The van der Waals surface area contributed by atoms with Gasteiger partial charge < -0.3 is 4.90 Å². The highest BCUT2D eigenvalue weighted by Gasteiger charge is 2.55. The molecule has 0 N–H and O–H groups in total. The molecule has 2 atom stereocenters. The van der Waals surface area contributed by atoms with E-state index in [1.54, 1.807) is 0 Å². The number of nitrogens with zero attached hydrogens (tertiary/aromatic N) is 2. The van der Waals surface area contributed by atoms with Crippen molar-refractivity contribution in [3.63, 3.8) is 0 Å². The Morgan fingerprint density at radius 2 is 1.78 bits per heavy atom. The monoisotopic (exact) mass is 354 g/mol. The summed E-state index contributed by atoms with van der Waals surface area (Å²) in [7, 11) is 0. The number of hydrogen-bond donors (Lipinski definition) is 0. The van der Waals surface area contributed by atoms with Gasteiger partial charge in [0.05, 0.1) is 17.3 Å². The van der Waals surface area contributed by atoms with E-state index in [2.05, 4.69) is 48.2 Å². The molecule has 27 heavy (non-hydrogen) atoms. The first-order valence-electron chi connectivity index (χ1n) is 9.66. The number of aromatic nitrogens is 1. The molecule has 1 spiro atoms. The van der Waals surface area contributed by atoms with Crippen LogP contribution in [0.4, 0.5) is 0 Å². The van der Waals surface area contributed by atoms with Crippen LogP contribution in [0.1, 0.15) is 58.5 Å². The van der Waals surface area contributed by atoms with E-state index in [1.165, 1.54) is 11.1 Å². The van der Waals surface area contributed by atoms with Crippen LogP contribution in [0.2, 0.25) is 0 Å². The Morgan fingerprint density at radius 1 is 1.00 bits per heavy atom. The molecular formula is C24H22N2O. The van der Waals surface area contributed by atoms with Crippen LogP contribution in [0.5, 0.6) is 0 Å². The summed E-state index contributed by atoms with van der Waals surface area (Å²) in [6.45, 7) is 2.14. The molecule has 0 radical (unpaired) electrons. The summed E-state index contributed by atoms with van der Waals surface area (Å²) in [4.78, 5) is 20.4. The van der Waals surface area contributed by atoms with Gasteiger partial charge in [0, 0.05) is 6.20 Å². The summed E-state index contributed by atoms with van der Waals surface area (Å²) in [6.07, 6.45) is 4.85. The van der Waals surface area contributed by atoms with Crippen LogP contribution in [0.15, 0.2) is 72.9 Å². The average molecular weight is 354 g/mol. The highest BCUT2D eigenvalue weighted by molar-refractivity contribution is 6.00. The predicted molar refractivity (Wildman–Crippen MR) is 105 cm³/mol. The molecule has 3 heteroatoms. The molecule has 0 fully saturated rings. The number of amides is 1. The minimum Gasteiger partial charge on any atom is -0.316 e. The number of aryl methyl sites for hydroxylation is 1. The first-order valence-corrected chi connectivity index (χ1v) is 9.66. The van der Waals surface area contributed by atoms with E-state index in [9.17, 15) is 4.79 Å². The van der Waals surface area contributed by atoms with Gasteiger partial charge in [-0.25, -0.2) is 0 Å². The van der Waals surface area contributed by atoms with E-state index in [0.29, 0.717) is 0 Å². The molecular weight excluding hydrogens is 332 g/mol. The predicted octanol–water partition coefficient (Wildman–Crippen LogP) is 4.88. The largest absolute Gasteiger partial charge is 0.316 e. The second-order valence-electron chi connectivity index (χ2n) is 7.53. The Labute approximate surface area is 159 Å². The number of pyridine rings is 1. The molecule has 2 heterocycles. The zero-order chi connectivity index (χ0) is 18.4. The van der Waals surface area contributed by atoms with Crippen LogP contribution in [0.25, 0.3) is 0 Å². The van der Waals surface area contributed by atoms with Crippen molar-refractivity contribution >= 4 is 5.91 Å². The summed E-state index contributed by atoms with van der Waals surface area (Å²) < 4.78 is 0. The number of rotatable bonds is 2. The lowest BCUT2D eigenvalue weighted by atomic mass is 9.73. The molecule has 1 aliphatic heterocycles. The van der Waals surface area contributed by atoms with Crippen molar-refractivity contribution < 1.29 is 4.79 Å². The van der Waals surface area contributed by atoms with E-state index >= 15 is 0 Å². The highest BCUT2D eigenvalue weighted by atomic mass is 16.2. The standard InChI is InChI=1S/C24H22N2O/c1-17(18-9-3-2-4-10-18)26-23(27)20-13-8-16-25-22(20)24(26)15-7-12-19-11-5-6-14-21(19)24/h2-6,8-11,13-14,16-17H,7,12,15H2,1H3/t17-,24-/m0/s1. The molecule has 0 saturated heterocycles. The van der Waals surface area contributed by atoms with Crippen molar-refractivity contribution in [3.05, 3.63) is 101 Å². The molecule has 3 aromatic rings. The third-order valence-electron chi connectivity index (χ3n) is 6.18. The van der Waals surface area contributed by atoms with Gasteiger partial charge in [-0.2, -0.15) is 0 Å². The maximum Gasteiger partial charge on any atom is 0.257 e. The summed E-state index contributed by atoms with van der Waals surface area (Å²) >= 11 is 0. The smallest absolute Gasteiger partial charge is 0.257 e. The van der Waals surface area contributed by atoms with Crippen LogP contribution in [0, 0.1) is 0 Å². The second kappa shape index (κ2) is 6.05. The van der Waals surface area contributed by atoms with Crippen LogP contribution in [-0.2, 0) is 12.0 Å². The molecule has 1 aliphatic carbocycles. The first-order chi connectivity index (χ1) is 13.2. The van der Waals surface area contributed by atoms with Gasteiger partial charge in [-0.15, -0.1) is 0 Å². The Hall–Kier alpha value is -2.94.